The molecule has 0 spiro atoms. The van der Waals surface area contributed by atoms with Crippen molar-refractivity contribution in [1.82, 2.24) is 5.32 Å². The predicted molar refractivity (Wildman–Crippen MR) is 63.2 cm³/mol. The van der Waals surface area contributed by atoms with Crippen LogP contribution in [0, 0.1) is 11.2 Å². The molecule has 1 aromatic rings. The minimum atomic E-state index is -0.597. The first-order valence-electron chi connectivity index (χ1n) is 5.81. The molecule has 0 saturated carbocycles. The number of rotatable bonds is 5. The quantitative estimate of drug-likeness (QED) is 0.818. The third kappa shape index (κ3) is 3.25. The number of aliphatic hydroxyl groups excluding tert-OH is 1. The van der Waals surface area contributed by atoms with Crippen LogP contribution in [0.25, 0.3) is 0 Å². The summed E-state index contributed by atoms with van der Waals surface area (Å²) >= 11 is 0. The zero-order valence-electron chi connectivity index (χ0n) is 9.95. The summed E-state index contributed by atoms with van der Waals surface area (Å²) < 4.78 is 17.8. The van der Waals surface area contributed by atoms with E-state index < -0.39 is 6.10 Å². The van der Waals surface area contributed by atoms with E-state index in [0.29, 0.717) is 6.54 Å². The Kier molecular flexibility index (Phi) is 3.76. The molecule has 0 aliphatic carbocycles. The largest absolute Gasteiger partial charge is 0.387 e. The number of nitrogens with one attached hydrogen (secondary N) is 1. The van der Waals surface area contributed by atoms with Gasteiger partial charge in [0.2, 0.25) is 0 Å². The minimum absolute atomic E-state index is 0.197. The molecule has 17 heavy (non-hydrogen) atoms. The van der Waals surface area contributed by atoms with E-state index >= 15 is 0 Å². The summed E-state index contributed by atoms with van der Waals surface area (Å²) in [4.78, 5) is 0. The second kappa shape index (κ2) is 5.12. The monoisotopic (exact) mass is 239 g/mol. The Morgan fingerprint density at radius 1 is 1.41 bits per heavy atom. The van der Waals surface area contributed by atoms with E-state index in [1.165, 1.54) is 12.1 Å². The van der Waals surface area contributed by atoms with Crippen LogP contribution in [-0.2, 0) is 4.74 Å². The number of benzene rings is 1. The summed E-state index contributed by atoms with van der Waals surface area (Å²) in [6.07, 6.45) is -0.597. The van der Waals surface area contributed by atoms with Crippen molar-refractivity contribution in [2.45, 2.75) is 13.0 Å². The zero-order chi connectivity index (χ0) is 12.3. The molecule has 2 rings (SSSR count). The first-order chi connectivity index (χ1) is 8.09. The maximum absolute atomic E-state index is 12.7. The molecule has 3 nitrogen and oxygen atoms in total. The van der Waals surface area contributed by atoms with Gasteiger partial charge in [-0.15, -0.1) is 0 Å². The standard InChI is InChI=1S/C13H18FNO2/c1-13(8-17-9-13)7-15-6-12(16)10-2-4-11(14)5-3-10/h2-5,12,15-16H,6-9H2,1H3. The van der Waals surface area contributed by atoms with Gasteiger partial charge in [0.15, 0.2) is 0 Å². The van der Waals surface area contributed by atoms with Crippen molar-refractivity contribution in [2.24, 2.45) is 5.41 Å². The van der Waals surface area contributed by atoms with E-state index in [9.17, 15) is 9.50 Å². The highest BCUT2D eigenvalue weighted by Gasteiger charge is 2.32. The van der Waals surface area contributed by atoms with Gasteiger partial charge in [-0.3, -0.25) is 0 Å². The molecule has 2 N–H and O–H groups in total. The van der Waals surface area contributed by atoms with Crippen LogP contribution in [0.1, 0.15) is 18.6 Å². The smallest absolute Gasteiger partial charge is 0.123 e. The molecule has 0 bridgehead atoms. The van der Waals surface area contributed by atoms with Gasteiger partial charge in [-0.25, -0.2) is 4.39 Å². The Bertz CT molecular complexity index is 362. The Labute approximate surface area is 101 Å². The van der Waals surface area contributed by atoms with Crippen LogP contribution in [-0.4, -0.2) is 31.4 Å². The van der Waals surface area contributed by atoms with E-state index in [1.54, 1.807) is 12.1 Å². The first-order valence-corrected chi connectivity index (χ1v) is 5.81. The summed E-state index contributed by atoms with van der Waals surface area (Å²) in [6.45, 7) is 4.99. The van der Waals surface area contributed by atoms with E-state index in [4.69, 9.17) is 4.74 Å². The number of hydrogen-bond donors (Lipinski definition) is 2. The highest BCUT2D eigenvalue weighted by atomic mass is 19.1. The SMILES string of the molecule is CC1(CNCC(O)c2ccc(F)cc2)COC1. The van der Waals surface area contributed by atoms with Crippen LogP contribution in [0.15, 0.2) is 24.3 Å². The van der Waals surface area contributed by atoms with Gasteiger partial charge >= 0.3 is 0 Å². The number of aliphatic hydroxyl groups is 1. The fourth-order valence-electron chi connectivity index (χ4n) is 1.87. The molecule has 94 valence electrons. The highest BCUT2D eigenvalue weighted by Crippen LogP contribution is 2.25. The summed E-state index contributed by atoms with van der Waals surface area (Å²) in [5.41, 5.74) is 0.927. The van der Waals surface area contributed by atoms with Crippen LogP contribution in [0.3, 0.4) is 0 Å². The minimum Gasteiger partial charge on any atom is -0.387 e. The molecule has 0 aromatic heterocycles. The van der Waals surface area contributed by atoms with Crippen LogP contribution in [0.4, 0.5) is 4.39 Å². The van der Waals surface area contributed by atoms with E-state index in [1.807, 2.05) is 0 Å². The molecule has 0 amide bonds. The first kappa shape index (κ1) is 12.5. The van der Waals surface area contributed by atoms with Crippen LogP contribution >= 0.6 is 0 Å². The van der Waals surface area contributed by atoms with Crippen molar-refractivity contribution in [3.05, 3.63) is 35.6 Å². The lowest BCUT2D eigenvalue weighted by atomic mass is 9.89. The third-order valence-electron chi connectivity index (χ3n) is 3.05. The lowest BCUT2D eigenvalue weighted by Crippen LogP contribution is -2.47. The molecule has 1 unspecified atom stereocenters. The predicted octanol–water partition coefficient (Wildman–Crippen LogP) is 1.49. The molecule has 1 aromatic carbocycles. The van der Waals surface area contributed by atoms with E-state index in [-0.39, 0.29) is 11.2 Å². The lowest BCUT2D eigenvalue weighted by molar-refractivity contribution is -0.0996. The van der Waals surface area contributed by atoms with Gasteiger partial charge in [0.25, 0.3) is 0 Å². The van der Waals surface area contributed by atoms with E-state index in [2.05, 4.69) is 12.2 Å². The topological polar surface area (TPSA) is 41.5 Å². The molecule has 1 atom stereocenters. The van der Waals surface area contributed by atoms with Crippen molar-refractivity contribution < 1.29 is 14.2 Å². The fourth-order valence-corrected chi connectivity index (χ4v) is 1.87. The van der Waals surface area contributed by atoms with Gasteiger partial charge in [0.1, 0.15) is 5.82 Å². The van der Waals surface area contributed by atoms with Crippen molar-refractivity contribution in [2.75, 3.05) is 26.3 Å². The van der Waals surface area contributed by atoms with Gasteiger partial charge in [-0.1, -0.05) is 19.1 Å². The third-order valence-corrected chi connectivity index (χ3v) is 3.05. The maximum Gasteiger partial charge on any atom is 0.123 e. The van der Waals surface area contributed by atoms with Gasteiger partial charge in [0, 0.05) is 18.5 Å². The molecule has 1 fully saturated rings. The van der Waals surface area contributed by atoms with Gasteiger partial charge in [0.05, 0.1) is 19.3 Å². The van der Waals surface area contributed by atoms with Crippen LogP contribution in [0.2, 0.25) is 0 Å². The summed E-state index contributed by atoms with van der Waals surface area (Å²) in [7, 11) is 0. The molecule has 1 heterocycles. The van der Waals surface area contributed by atoms with Gasteiger partial charge in [-0.2, -0.15) is 0 Å². The summed E-state index contributed by atoms with van der Waals surface area (Å²) in [5.74, 6) is -0.284. The lowest BCUT2D eigenvalue weighted by Gasteiger charge is -2.38. The van der Waals surface area contributed by atoms with Gasteiger partial charge < -0.3 is 15.2 Å². The number of halogens is 1. The molecule has 1 aliphatic rings. The Morgan fingerprint density at radius 3 is 2.59 bits per heavy atom. The second-order valence-corrected chi connectivity index (χ2v) is 5.00. The molecular weight excluding hydrogens is 221 g/mol. The molecule has 1 aliphatic heterocycles. The Hall–Kier alpha value is -0.970. The van der Waals surface area contributed by atoms with Crippen molar-refractivity contribution in [1.29, 1.82) is 0 Å². The van der Waals surface area contributed by atoms with Crippen LogP contribution < -0.4 is 5.32 Å². The second-order valence-electron chi connectivity index (χ2n) is 5.00. The summed E-state index contributed by atoms with van der Waals surface area (Å²) in [6, 6.07) is 5.94. The van der Waals surface area contributed by atoms with Crippen molar-refractivity contribution in [3.63, 3.8) is 0 Å². The number of hydrogen-bond acceptors (Lipinski definition) is 3. The molecular formula is C13H18FNO2. The number of ether oxygens (including phenoxy) is 1. The normalized spacial score (nSPS) is 19.7. The van der Waals surface area contributed by atoms with Crippen molar-refractivity contribution in [3.8, 4) is 0 Å². The van der Waals surface area contributed by atoms with Crippen LogP contribution in [0.5, 0.6) is 0 Å². The highest BCUT2D eigenvalue weighted by molar-refractivity contribution is 5.18. The Morgan fingerprint density at radius 2 is 2.06 bits per heavy atom. The molecule has 0 radical (unpaired) electrons. The average molecular weight is 239 g/mol. The Balaban J connectivity index is 1.77. The maximum atomic E-state index is 12.7. The summed E-state index contributed by atoms with van der Waals surface area (Å²) in [5, 5.41) is 13.1. The van der Waals surface area contributed by atoms with Crippen molar-refractivity contribution >= 4 is 0 Å². The molecule has 1 saturated heterocycles. The molecule has 4 heteroatoms. The average Bonchev–Trinajstić information content (AvgIpc) is 2.27. The van der Waals surface area contributed by atoms with Gasteiger partial charge in [-0.05, 0) is 17.7 Å². The fraction of sp³-hybridized carbons (Fsp3) is 0.538. The van der Waals surface area contributed by atoms with E-state index in [0.717, 1.165) is 25.3 Å². The zero-order valence-corrected chi connectivity index (χ0v) is 9.95.